The SMILES string of the molecule is CNc1cc(Cl)ccc1C1(C=O)C(c2cccc(Cl)c2)C2(C(=O)NC3CCC(O)CC3)NC21CC(C)(C)C. The Morgan fingerprint density at radius 3 is 2.39 bits per heavy atom. The maximum Gasteiger partial charge on any atom is 0.243 e. The summed E-state index contributed by atoms with van der Waals surface area (Å²) in [6.45, 7) is 6.40. The fourth-order valence-corrected chi connectivity index (χ4v) is 7.86. The van der Waals surface area contributed by atoms with E-state index in [2.05, 4.69) is 36.7 Å². The molecule has 4 atom stereocenters. The van der Waals surface area contributed by atoms with Gasteiger partial charge in [-0.3, -0.25) is 10.1 Å². The zero-order chi connectivity index (χ0) is 27.5. The number of rotatable bonds is 7. The van der Waals surface area contributed by atoms with Crippen LogP contribution in [-0.4, -0.2) is 47.6 Å². The highest BCUT2D eigenvalue weighted by Crippen LogP contribution is 2.77. The van der Waals surface area contributed by atoms with Crippen molar-refractivity contribution in [1.29, 1.82) is 0 Å². The Bertz CT molecular complexity index is 1260. The number of fused-ring (bicyclic) bond motifs is 1. The third-order valence-electron chi connectivity index (χ3n) is 8.87. The van der Waals surface area contributed by atoms with Crippen LogP contribution in [-0.2, 0) is 15.0 Å². The van der Waals surface area contributed by atoms with E-state index in [4.69, 9.17) is 23.2 Å². The summed E-state index contributed by atoms with van der Waals surface area (Å²) in [5.74, 6) is -0.582. The molecule has 204 valence electrons. The molecule has 1 amide bonds. The molecule has 4 unspecified atom stereocenters. The minimum atomic E-state index is -1.05. The van der Waals surface area contributed by atoms with Gasteiger partial charge in [0.05, 0.1) is 17.1 Å². The van der Waals surface area contributed by atoms with E-state index < -0.39 is 22.4 Å². The Hall–Kier alpha value is -2.12. The summed E-state index contributed by atoms with van der Waals surface area (Å²) in [5, 5.41) is 21.3. The van der Waals surface area contributed by atoms with Crippen LogP contribution in [0.5, 0.6) is 0 Å². The molecule has 0 aromatic heterocycles. The van der Waals surface area contributed by atoms with E-state index in [1.807, 2.05) is 37.4 Å². The first-order valence-corrected chi connectivity index (χ1v) is 14.2. The molecule has 8 heteroatoms. The number of amides is 1. The molecule has 1 heterocycles. The third-order valence-corrected chi connectivity index (χ3v) is 9.34. The van der Waals surface area contributed by atoms with Gasteiger partial charge in [0.25, 0.3) is 0 Å². The summed E-state index contributed by atoms with van der Waals surface area (Å²) in [6.07, 6.45) is 4.15. The summed E-state index contributed by atoms with van der Waals surface area (Å²) in [7, 11) is 1.81. The van der Waals surface area contributed by atoms with E-state index in [9.17, 15) is 14.7 Å². The van der Waals surface area contributed by atoms with Crippen LogP contribution in [0.1, 0.15) is 69.9 Å². The van der Waals surface area contributed by atoms with Gasteiger partial charge in [-0.25, -0.2) is 0 Å². The molecule has 2 aliphatic carbocycles. The van der Waals surface area contributed by atoms with E-state index in [1.54, 1.807) is 12.1 Å². The second-order valence-corrected chi connectivity index (χ2v) is 13.3. The van der Waals surface area contributed by atoms with Crippen LogP contribution in [0.15, 0.2) is 42.5 Å². The van der Waals surface area contributed by atoms with E-state index in [-0.39, 0.29) is 23.5 Å². The minimum Gasteiger partial charge on any atom is -0.393 e. The highest BCUT2D eigenvalue weighted by atomic mass is 35.5. The molecule has 3 aliphatic rings. The summed E-state index contributed by atoms with van der Waals surface area (Å²) < 4.78 is 0. The number of benzene rings is 2. The van der Waals surface area contributed by atoms with Crippen molar-refractivity contribution in [1.82, 2.24) is 10.6 Å². The van der Waals surface area contributed by atoms with Gasteiger partial charge in [0.2, 0.25) is 5.91 Å². The number of aldehydes is 1. The maximum absolute atomic E-state index is 14.3. The van der Waals surface area contributed by atoms with Gasteiger partial charge in [0.15, 0.2) is 0 Å². The van der Waals surface area contributed by atoms with Crippen LogP contribution in [0.25, 0.3) is 0 Å². The average molecular weight is 559 g/mol. The van der Waals surface area contributed by atoms with Crippen LogP contribution in [0.4, 0.5) is 5.69 Å². The number of nitrogens with one attached hydrogen (secondary N) is 3. The Labute approximate surface area is 234 Å². The fourth-order valence-electron chi connectivity index (χ4n) is 7.49. The third kappa shape index (κ3) is 3.98. The van der Waals surface area contributed by atoms with E-state index in [0.717, 1.165) is 35.9 Å². The molecule has 1 saturated heterocycles. The van der Waals surface area contributed by atoms with Crippen LogP contribution in [0, 0.1) is 5.41 Å². The van der Waals surface area contributed by atoms with Gasteiger partial charge in [0, 0.05) is 34.7 Å². The van der Waals surface area contributed by atoms with Gasteiger partial charge in [-0.15, -0.1) is 0 Å². The first kappa shape index (κ1) is 27.4. The number of anilines is 1. The molecule has 1 aliphatic heterocycles. The number of aliphatic hydroxyl groups excluding tert-OH is 1. The molecule has 2 aromatic carbocycles. The zero-order valence-corrected chi connectivity index (χ0v) is 23.9. The molecule has 2 aromatic rings. The molecule has 38 heavy (non-hydrogen) atoms. The van der Waals surface area contributed by atoms with E-state index in [0.29, 0.717) is 29.3 Å². The maximum atomic E-state index is 14.3. The fraction of sp³-hybridized carbons (Fsp3) is 0.533. The van der Waals surface area contributed by atoms with Crippen LogP contribution in [0.3, 0.4) is 0 Å². The number of hydrogen-bond donors (Lipinski definition) is 4. The molecule has 6 nitrogen and oxygen atoms in total. The molecule has 0 bridgehead atoms. The van der Waals surface area contributed by atoms with Crippen LogP contribution >= 0.6 is 23.2 Å². The van der Waals surface area contributed by atoms with Crippen molar-refractivity contribution >= 4 is 41.1 Å². The molecule has 4 N–H and O–H groups in total. The van der Waals surface area contributed by atoms with Gasteiger partial charge in [-0.05, 0) is 72.9 Å². The summed E-state index contributed by atoms with van der Waals surface area (Å²) in [6, 6.07) is 13.0. The van der Waals surface area contributed by atoms with Gasteiger partial charge in [-0.1, -0.05) is 62.2 Å². The summed E-state index contributed by atoms with van der Waals surface area (Å²) in [4.78, 5) is 27.9. The van der Waals surface area contributed by atoms with Gasteiger partial charge in [-0.2, -0.15) is 0 Å². The predicted octanol–water partition coefficient (Wildman–Crippen LogP) is 5.21. The number of halogens is 2. The Morgan fingerprint density at radius 1 is 1.11 bits per heavy atom. The first-order valence-electron chi connectivity index (χ1n) is 13.4. The number of carbonyl (C=O) groups is 2. The monoisotopic (exact) mass is 557 g/mol. The minimum absolute atomic E-state index is 0.00958. The molecule has 3 fully saturated rings. The lowest BCUT2D eigenvalue weighted by Gasteiger charge is -2.57. The van der Waals surface area contributed by atoms with Gasteiger partial charge >= 0.3 is 0 Å². The lowest BCUT2D eigenvalue weighted by Crippen LogP contribution is -2.71. The molecule has 5 rings (SSSR count). The average Bonchev–Trinajstić information content (AvgIpc) is 3.43. The van der Waals surface area contributed by atoms with E-state index >= 15 is 0 Å². The second kappa shape index (κ2) is 9.51. The predicted molar refractivity (Wildman–Crippen MR) is 152 cm³/mol. The van der Waals surface area contributed by atoms with E-state index in [1.165, 1.54) is 0 Å². The lowest BCUT2D eigenvalue weighted by atomic mass is 9.41. The molecule has 0 radical (unpaired) electrons. The molecular formula is C30H37Cl2N3O3. The molecule has 0 spiro atoms. The highest BCUT2D eigenvalue weighted by Gasteiger charge is 2.95. The Kier molecular flexibility index (Phi) is 6.87. The topological polar surface area (TPSA) is 100 Å². The van der Waals surface area contributed by atoms with Crippen molar-refractivity contribution in [3.8, 4) is 0 Å². The number of hydrogen-bond acceptors (Lipinski definition) is 5. The summed E-state index contributed by atoms with van der Waals surface area (Å²) in [5.41, 5.74) is -0.600. The molecular weight excluding hydrogens is 521 g/mol. The van der Waals surface area contributed by atoms with Crippen LogP contribution in [0.2, 0.25) is 10.0 Å². The van der Waals surface area contributed by atoms with Crippen molar-refractivity contribution in [3.05, 3.63) is 63.6 Å². The number of aliphatic hydroxyl groups is 1. The molecule has 2 saturated carbocycles. The highest BCUT2D eigenvalue weighted by molar-refractivity contribution is 6.31. The van der Waals surface area contributed by atoms with Crippen molar-refractivity contribution in [2.75, 3.05) is 12.4 Å². The quantitative estimate of drug-likeness (QED) is 0.276. The number of carbonyl (C=O) groups excluding carboxylic acids is 2. The van der Waals surface area contributed by atoms with Crippen molar-refractivity contribution in [2.45, 2.75) is 87.4 Å². The Balaban J connectivity index is 1.69. The second-order valence-electron chi connectivity index (χ2n) is 12.5. The lowest BCUT2D eigenvalue weighted by molar-refractivity contribution is -0.133. The van der Waals surface area contributed by atoms with Crippen molar-refractivity contribution in [2.24, 2.45) is 5.41 Å². The van der Waals surface area contributed by atoms with Gasteiger partial charge < -0.3 is 20.5 Å². The van der Waals surface area contributed by atoms with Crippen molar-refractivity contribution < 1.29 is 14.7 Å². The largest absolute Gasteiger partial charge is 0.393 e. The smallest absolute Gasteiger partial charge is 0.243 e. The normalized spacial score (nSPS) is 34.0. The van der Waals surface area contributed by atoms with Crippen molar-refractivity contribution in [3.63, 3.8) is 0 Å². The summed E-state index contributed by atoms with van der Waals surface area (Å²) >= 11 is 12.8. The van der Waals surface area contributed by atoms with Gasteiger partial charge in [0.1, 0.15) is 11.8 Å². The zero-order valence-electron chi connectivity index (χ0n) is 22.4. The van der Waals surface area contributed by atoms with Crippen LogP contribution < -0.4 is 16.0 Å². The first-order chi connectivity index (χ1) is 17.9. The standard InChI is InChI=1S/C30H37Cl2N3O3/c1-27(2,3)16-29-28(17-36,23-13-8-20(32)15-24(23)33-4)25(18-6-5-7-19(31)14-18)30(29,35-29)26(38)34-21-9-11-22(37)12-10-21/h5-8,13-15,17,21-22,25,33,35,37H,9-12,16H2,1-4H3,(H,34,38). The Morgan fingerprint density at radius 2 is 1.79 bits per heavy atom.